The van der Waals surface area contributed by atoms with E-state index in [0.29, 0.717) is 16.3 Å². The summed E-state index contributed by atoms with van der Waals surface area (Å²) in [4.78, 5) is 28.6. The molecule has 0 heterocycles. The van der Waals surface area contributed by atoms with Gasteiger partial charge in [-0.3, -0.25) is 13.9 Å². The maximum absolute atomic E-state index is 14.0. The van der Waals surface area contributed by atoms with Crippen molar-refractivity contribution in [2.75, 3.05) is 10.8 Å². The summed E-state index contributed by atoms with van der Waals surface area (Å²) in [7, 11) is -4.14. The van der Waals surface area contributed by atoms with E-state index in [1.165, 1.54) is 17.0 Å². The Kier molecular flexibility index (Phi) is 10.2. The van der Waals surface area contributed by atoms with Gasteiger partial charge in [0.25, 0.3) is 10.0 Å². The number of carbonyl (C=O) groups excluding carboxylic acids is 2. The van der Waals surface area contributed by atoms with Crippen LogP contribution in [0.2, 0.25) is 5.02 Å². The molecule has 0 aliphatic rings. The largest absolute Gasteiger partial charge is 0.352 e. The molecule has 0 radical (unpaired) electrons. The highest BCUT2D eigenvalue weighted by Crippen LogP contribution is 2.31. The van der Waals surface area contributed by atoms with E-state index in [-0.39, 0.29) is 23.4 Å². The maximum atomic E-state index is 14.0. The monoisotopic (exact) mass is 569 g/mol. The fourth-order valence-electron chi connectivity index (χ4n) is 4.04. The molecule has 0 bridgehead atoms. The number of nitrogens with one attached hydrogen (secondary N) is 1. The zero-order valence-electron chi connectivity index (χ0n) is 23.0. The van der Waals surface area contributed by atoms with Gasteiger partial charge in [-0.2, -0.15) is 0 Å². The normalized spacial score (nSPS) is 12.9. The van der Waals surface area contributed by atoms with Crippen LogP contribution in [0, 0.1) is 13.8 Å². The highest BCUT2D eigenvalue weighted by Gasteiger charge is 2.33. The molecule has 1 N–H and O–H groups in total. The molecule has 0 fully saturated rings. The number of rotatable bonds is 11. The van der Waals surface area contributed by atoms with Gasteiger partial charge in [0.05, 0.1) is 10.6 Å². The molecule has 208 valence electrons. The lowest BCUT2D eigenvalue weighted by molar-refractivity contribution is -0.139. The van der Waals surface area contributed by atoms with Crippen LogP contribution in [0.1, 0.15) is 43.9 Å². The number of halogens is 1. The van der Waals surface area contributed by atoms with E-state index in [0.717, 1.165) is 21.9 Å². The Morgan fingerprint density at radius 1 is 0.923 bits per heavy atom. The summed E-state index contributed by atoms with van der Waals surface area (Å²) in [6.45, 7) is 8.82. The summed E-state index contributed by atoms with van der Waals surface area (Å²) < 4.78 is 28.8. The van der Waals surface area contributed by atoms with Crippen LogP contribution in [0.5, 0.6) is 0 Å². The average Bonchev–Trinajstić information content (AvgIpc) is 2.92. The fourth-order valence-corrected chi connectivity index (χ4v) is 5.70. The van der Waals surface area contributed by atoms with E-state index in [1.54, 1.807) is 50.2 Å². The van der Waals surface area contributed by atoms with Crippen molar-refractivity contribution in [1.82, 2.24) is 10.2 Å². The van der Waals surface area contributed by atoms with Crippen molar-refractivity contribution in [3.05, 3.63) is 94.5 Å². The standard InChI is InChI=1S/C30H36ClN3O4S/c1-6-22(3)32-30(36)24(5)33(19-25-17-15-21(2)16-18-25)29(35)20-34(28-14-10-13-27(31)23(28)4)39(37,38)26-11-8-7-9-12-26/h7-18,22,24H,6,19-20H2,1-5H3,(H,32,36)/t22-,24-/m1/s1. The molecule has 0 saturated carbocycles. The molecule has 9 heteroatoms. The number of carbonyl (C=O) groups is 2. The highest BCUT2D eigenvalue weighted by atomic mass is 35.5. The third-order valence-electron chi connectivity index (χ3n) is 6.76. The first-order chi connectivity index (χ1) is 18.4. The van der Waals surface area contributed by atoms with Crippen molar-refractivity contribution < 1.29 is 18.0 Å². The third kappa shape index (κ3) is 7.40. The van der Waals surface area contributed by atoms with E-state index in [9.17, 15) is 18.0 Å². The fraction of sp³-hybridized carbons (Fsp3) is 0.333. The number of hydrogen-bond acceptors (Lipinski definition) is 4. The summed E-state index contributed by atoms with van der Waals surface area (Å²) in [5.41, 5.74) is 2.72. The van der Waals surface area contributed by atoms with Gasteiger partial charge in [-0.25, -0.2) is 8.42 Å². The van der Waals surface area contributed by atoms with Gasteiger partial charge >= 0.3 is 0 Å². The molecule has 0 aliphatic heterocycles. The Hall–Kier alpha value is -3.36. The average molecular weight is 570 g/mol. The second-order valence-electron chi connectivity index (χ2n) is 9.71. The molecular formula is C30H36ClN3O4S. The second-order valence-corrected chi connectivity index (χ2v) is 12.0. The molecular weight excluding hydrogens is 534 g/mol. The summed E-state index contributed by atoms with van der Waals surface area (Å²) in [5.74, 6) is -0.817. The molecule has 2 amide bonds. The minimum Gasteiger partial charge on any atom is -0.352 e. The topological polar surface area (TPSA) is 86.8 Å². The van der Waals surface area contributed by atoms with Gasteiger partial charge in [0.15, 0.2) is 0 Å². The van der Waals surface area contributed by atoms with Crippen LogP contribution in [0.3, 0.4) is 0 Å². The van der Waals surface area contributed by atoms with Gasteiger partial charge < -0.3 is 10.2 Å². The molecule has 0 aliphatic carbocycles. The van der Waals surface area contributed by atoms with E-state index in [2.05, 4.69) is 5.32 Å². The third-order valence-corrected chi connectivity index (χ3v) is 8.94. The van der Waals surface area contributed by atoms with Crippen LogP contribution in [0.15, 0.2) is 77.7 Å². The van der Waals surface area contributed by atoms with E-state index < -0.39 is 28.5 Å². The highest BCUT2D eigenvalue weighted by molar-refractivity contribution is 7.92. The lowest BCUT2D eigenvalue weighted by Gasteiger charge is -2.33. The van der Waals surface area contributed by atoms with E-state index >= 15 is 0 Å². The van der Waals surface area contributed by atoms with Crippen molar-refractivity contribution in [3.63, 3.8) is 0 Å². The summed E-state index contributed by atoms with van der Waals surface area (Å²) >= 11 is 6.36. The Bertz CT molecular complexity index is 1400. The number of sulfonamides is 1. The first kappa shape index (κ1) is 30.2. The molecule has 39 heavy (non-hydrogen) atoms. The Morgan fingerprint density at radius 3 is 2.18 bits per heavy atom. The van der Waals surface area contributed by atoms with Crippen LogP contribution in [-0.2, 0) is 26.2 Å². The Balaban J connectivity index is 2.05. The Labute approximate surface area is 236 Å². The molecule has 3 rings (SSSR count). The molecule has 0 saturated heterocycles. The summed E-state index contributed by atoms with van der Waals surface area (Å²) in [5, 5.41) is 3.32. The predicted molar refractivity (Wildman–Crippen MR) is 156 cm³/mol. The van der Waals surface area contributed by atoms with Gasteiger partial charge in [0, 0.05) is 17.6 Å². The van der Waals surface area contributed by atoms with Gasteiger partial charge in [0.1, 0.15) is 12.6 Å². The number of anilines is 1. The lowest BCUT2D eigenvalue weighted by Crippen LogP contribution is -2.52. The molecule has 0 aromatic heterocycles. The number of benzene rings is 3. The summed E-state index contributed by atoms with van der Waals surface area (Å²) in [6.07, 6.45) is 0.738. The lowest BCUT2D eigenvalue weighted by atomic mass is 10.1. The van der Waals surface area contributed by atoms with Gasteiger partial charge in [-0.1, -0.05) is 72.6 Å². The van der Waals surface area contributed by atoms with E-state index in [4.69, 9.17) is 11.6 Å². The second kappa shape index (κ2) is 13.1. The van der Waals surface area contributed by atoms with Crippen molar-refractivity contribution >= 4 is 39.1 Å². The number of amides is 2. The van der Waals surface area contributed by atoms with Crippen molar-refractivity contribution in [2.24, 2.45) is 0 Å². The Morgan fingerprint density at radius 2 is 1.56 bits per heavy atom. The van der Waals surface area contributed by atoms with Crippen LogP contribution in [0.4, 0.5) is 5.69 Å². The van der Waals surface area contributed by atoms with Crippen LogP contribution in [-0.4, -0.2) is 43.8 Å². The molecule has 2 atom stereocenters. The molecule has 0 spiro atoms. The van der Waals surface area contributed by atoms with E-state index in [1.807, 2.05) is 45.0 Å². The molecule has 0 unspecified atom stereocenters. The van der Waals surface area contributed by atoms with Crippen molar-refractivity contribution in [2.45, 2.75) is 64.6 Å². The number of aryl methyl sites for hydroxylation is 1. The molecule has 3 aromatic rings. The molecule has 3 aromatic carbocycles. The van der Waals surface area contributed by atoms with Crippen LogP contribution in [0.25, 0.3) is 0 Å². The van der Waals surface area contributed by atoms with Crippen molar-refractivity contribution in [3.8, 4) is 0 Å². The zero-order chi connectivity index (χ0) is 28.7. The SMILES string of the molecule is CC[C@@H](C)NC(=O)[C@@H](C)N(Cc1ccc(C)cc1)C(=O)CN(c1cccc(Cl)c1C)S(=O)(=O)c1ccccc1. The van der Waals surface area contributed by atoms with Crippen LogP contribution < -0.4 is 9.62 Å². The summed E-state index contributed by atoms with van der Waals surface area (Å²) in [6, 6.07) is 19.6. The molecule has 7 nitrogen and oxygen atoms in total. The number of nitrogens with zero attached hydrogens (tertiary/aromatic N) is 2. The maximum Gasteiger partial charge on any atom is 0.264 e. The first-order valence-electron chi connectivity index (χ1n) is 12.9. The minimum atomic E-state index is -4.14. The van der Waals surface area contributed by atoms with Gasteiger partial charge in [-0.05, 0) is 69.5 Å². The zero-order valence-corrected chi connectivity index (χ0v) is 24.6. The number of hydrogen-bond donors (Lipinski definition) is 1. The van der Waals surface area contributed by atoms with Gasteiger partial charge in [-0.15, -0.1) is 0 Å². The predicted octanol–water partition coefficient (Wildman–Crippen LogP) is 5.48. The smallest absolute Gasteiger partial charge is 0.264 e. The first-order valence-corrected chi connectivity index (χ1v) is 14.8. The van der Waals surface area contributed by atoms with Crippen molar-refractivity contribution in [1.29, 1.82) is 0 Å². The quantitative estimate of drug-likeness (QED) is 0.331. The van der Waals surface area contributed by atoms with Crippen LogP contribution >= 0.6 is 11.6 Å². The van der Waals surface area contributed by atoms with Gasteiger partial charge in [0.2, 0.25) is 11.8 Å². The minimum absolute atomic E-state index is 0.0461.